The van der Waals surface area contributed by atoms with E-state index >= 15 is 0 Å². The molecule has 0 aromatic rings. The van der Waals surface area contributed by atoms with Gasteiger partial charge in [-0.3, -0.25) is 0 Å². The minimum Gasteiger partial charge on any atom is -0.417 e. The number of ether oxygens (including phenoxy) is 1. The maximum atomic E-state index is 9.13. The molecule has 13 heavy (non-hydrogen) atoms. The molecule has 1 saturated heterocycles. The molecule has 0 bridgehead atoms. The van der Waals surface area contributed by atoms with Crippen molar-refractivity contribution in [1.82, 2.24) is 0 Å². The van der Waals surface area contributed by atoms with Crippen LogP contribution in [0.2, 0.25) is 6.04 Å². The first-order valence-electron chi connectivity index (χ1n) is 5.19. The Morgan fingerprint density at radius 3 is 2.77 bits per heavy atom. The maximum Gasteiger partial charge on any atom is 0.205 e. The van der Waals surface area contributed by atoms with Crippen molar-refractivity contribution >= 4 is 9.04 Å². The molecule has 78 valence electrons. The highest BCUT2D eigenvalue weighted by Gasteiger charge is 2.27. The number of rotatable bonds is 4. The first-order chi connectivity index (χ1) is 6.24. The van der Waals surface area contributed by atoms with E-state index in [9.17, 15) is 0 Å². The van der Waals surface area contributed by atoms with E-state index < -0.39 is 15.3 Å². The highest BCUT2D eigenvalue weighted by atomic mass is 28.3. The lowest BCUT2D eigenvalue weighted by molar-refractivity contribution is -0.106. The molecule has 0 saturated carbocycles. The third kappa shape index (κ3) is 3.77. The van der Waals surface area contributed by atoms with E-state index in [4.69, 9.17) is 14.3 Å². The van der Waals surface area contributed by atoms with Crippen LogP contribution in [0.5, 0.6) is 0 Å². The second-order valence-electron chi connectivity index (χ2n) is 3.59. The second-order valence-corrected chi connectivity index (χ2v) is 6.32. The van der Waals surface area contributed by atoms with Gasteiger partial charge in [0.15, 0.2) is 6.29 Å². The van der Waals surface area contributed by atoms with E-state index in [1.165, 1.54) is 18.9 Å². The van der Waals surface area contributed by atoms with Gasteiger partial charge in [-0.05, 0) is 25.8 Å². The van der Waals surface area contributed by atoms with Gasteiger partial charge in [0, 0.05) is 6.61 Å². The third-order valence-electron chi connectivity index (χ3n) is 2.40. The maximum absolute atomic E-state index is 9.13. The predicted molar refractivity (Wildman–Crippen MR) is 54.0 cm³/mol. The van der Waals surface area contributed by atoms with Gasteiger partial charge in [0.2, 0.25) is 9.04 Å². The van der Waals surface area contributed by atoms with Gasteiger partial charge in [-0.1, -0.05) is 13.3 Å². The van der Waals surface area contributed by atoms with Crippen LogP contribution in [-0.2, 0) is 9.16 Å². The SMILES string of the molecule is CCC(OC(C)O)[SiH]1CCCCO1. The van der Waals surface area contributed by atoms with Crippen LogP contribution < -0.4 is 0 Å². The molecule has 0 amide bonds. The molecule has 1 N–H and O–H groups in total. The van der Waals surface area contributed by atoms with Crippen LogP contribution in [0.3, 0.4) is 0 Å². The largest absolute Gasteiger partial charge is 0.417 e. The summed E-state index contributed by atoms with van der Waals surface area (Å²) in [5, 5.41) is 9.13. The Labute approximate surface area is 81.8 Å². The number of aliphatic hydroxyl groups excluding tert-OH is 1. The first kappa shape index (κ1) is 11.2. The summed E-state index contributed by atoms with van der Waals surface area (Å²) in [6.45, 7) is 4.66. The molecular weight excluding hydrogens is 184 g/mol. The standard InChI is InChI=1S/C9H20O3Si/c1-3-9(12-8(2)10)13-7-5-4-6-11-13/h8-10,13H,3-7H2,1-2H3. The van der Waals surface area contributed by atoms with Crippen LogP contribution in [0.25, 0.3) is 0 Å². The Kier molecular flexibility index (Phi) is 4.94. The lowest BCUT2D eigenvalue weighted by atomic mass is 10.4. The highest BCUT2D eigenvalue weighted by molar-refractivity contribution is 6.53. The van der Waals surface area contributed by atoms with Crippen molar-refractivity contribution in [3.63, 3.8) is 0 Å². The lowest BCUT2D eigenvalue weighted by Crippen LogP contribution is -2.40. The van der Waals surface area contributed by atoms with Crippen molar-refractivity contribution in [2.75, 3.05) is 6.61 Å². The molecule has 0 aromatic carbocycles. The van der Waals surface area contributed by atoms with Crippen LogP contribution >= 0.6 is 0 Å². The van der Waals surface area contributed by atoms with Crippen LogP contribution in [0, 0.1) is 0 Å². The average molecular weight is 204 g/mol. The topological polar surface area (TPSA) is 38.7 Å². The molecule has 0 aliphatic carbocycles. The van der Waals surface area contributed by atoms with Gasteiger partial charge in [-0.25, -0.2) is 0 Å². The van der Waals surface area contributed by atoms with Crippen molar-refractivity contribution in [3.05, 3.63) is 0 Å². The van der Waals surface area contributed by atoms with Gasteiger partial charge in [-0.2, -0.15) is 0 Å². The van der Waals surface area contributed by atoms with Crippen molar-refractivity contribution < 1.29 is 14.3 Å². The quantitative estimate of drug-likeness (QED) is 0.552. The summed E-state index contributed by atoms with van der Waals surface area (Å²) in [5.74, 6) is 0. The Morgan fingerprint density at radius 1 is 1.54 bits per heavy atom. The minimum atomic E-state index is -1.18. The molecule has 1 aliphatic rings. The first-order valence-corrected chi connectivity index (χ1v) is 7.14. The van der Waals surface area contributed by atoms with Gasteiger partial charge < -0.3 is 14.3 Å². The van der Waals surface area contributed by atoms with Gasteiger partial charge in [0.1, 0.15) is 0 Å². The molecule has 3 unspecified atom stereocenters. The molecule has 4 heteroatoms. The Morgan fingerprint density at radius 2 is 2.31 bits per heavy atom. The van der Waals surface area contributed by atoms with E-state index in [1.54, 1.807) is 6.92 Å². The Bertz CT molecular complexity index is 135. The fourth-order valence-corrected chi connectivity index (χ4v) is 4.60. The van der Waals surface area contributed by atoms with Crippen LogP contribution in [0.4, 0.5) is 0 Å². The van der Waals surface area contributed by atoms with Crippen LogP contribution in [0.1, 0.15) is 33.1 Å². The van der Waals surface area contributed by atoms with Gasteiger partial charge in [0.05, 0.1) is 5.73 Å². The van der Waals surface area contributed by atoms with Crippen molar-refractivity contribution in [1.29, 1.82) is 0 Å². The molecule has 1 fully saturated rings. The molecule has 0 radical (unpaired) electrons. The van der Waals surface area contributed by atoms with Gasteiger partial charge in [0.25, 0.3) is 0 Å². The fourth-order valence-electron chi connectivity index (χ4n) is 1.76. The van der Waals surface area contributed by atoms with Crippen LogP contribution in [-0.4, -0.2) is 32.8 Å². The number of hydrogen-bond donors (Lipinski definition) is 1. The van der Waals surface area contributed by atoms with Gasteiger partial charge in [-0.15, -0.1) is 0 Å². The number of hydrogen-bond acceptors (Lipinski definition) is 3. The van der Waals surface area contributed by atoms with Gasteiger partial charge >= 0.3 is 0 Å². The summed E-state index contributed by atoms with van der Waals surface area (Å²) in [4.78, 5) is 0. The Hall–Kier alpha value is 0.0969. The lowest BCUT2D eigenvalue weighted by Gasteiger charge is -2.29. The predicted octanol–water partition coefficient (Wildman–Crippen LogP) is 1.19. The monoisotopic (exact) mass is 204 g/mol. The zero-order valence-electron chi connectivity index (χ0n) is 8.53. The summed E-state index contributed by atoms with van der Waals surface area (Å²) in [6.07, 6.45) is 2.77. The third-order valence-corrected chi connectivity index (χ3v) is 5.50. The zero-order valence-corrected chi connectivity index (χ0v) is 9.69. The summed E-state index contributed by atoms with van der Waals surface area (Å²) in [6, 6.07) is 1.20. The molecule has 3 nitrogen and oxygen atoms in total. The molecular formula is C9H20O3Si. The van der Waals surface area contributed by atoms with Crippen molar-refractivity contribution in [3.8, 4) is 0 Å². The molecule has 1 aliphatic heterocycles. The second kappa shape index (κ2) is 5.75. The number of aliphatic hydroxyl groups is 1. The summed E-state index contributed by atoms with van der Waals surface area (Å²) in [5.41, 5.74) is 0.195. The summed E-state index contributed by atoms with van der Waals surface area (Å²) in [7, 11) is -1.18. The van der Waals surface area contributed by atoms with Crippen LogP contribution in [0.15, 0.2) is 0 Å². The normalized spacial score (nSPS) is 28.4. The smallest absolute Gasteiger partial charge is 0.205 e. The molecule has 1 heterocycles. The van der Waals surface area contributed by atoms with E-state index in [1.807, 2.05) is 0 Å². The van der Waals surface area contributed by atoms with Crippen molar-refractivity contribution in [2.24, 2.45) is 0 Å². The van der Waals surface area contributed by atoms with E-state index in [0.717, 1.165) is 13.0 Å². The Balaban J connectivity index is 2.34. The van der Waals surface area contributed by atoms with E-state index in [2.05, 4.69) is 6.92 Å². The van der Waals surface area contributed by atoms with E-state index in [0.29, 0.717) is 0 Å². The molecule has 3 atom stereocenters. The van der Waals surface area contributed by atoms with E-state index in [-0.39, 0.29) is 5.73 Å². The fraction of sp³-hybridized carbons (Fsp3) is 1.00. The molecule has 1 rings (SSSR count). The van der Waals surface area contributed by atoms with Crippen molar-refractivity contribution in [2.45, 2.75) is 51.2 Å². The summed E-state index contributed by atoms with van der Waals surface area (Å²) < 4.78 is 11.2. The highest BCUT2D eigenvalue weighted by Crippen LogP contribution is 2.18. The summed E-state index contributed by atoms with van der Waals surface area (Å²) >= 11 is 0. The minimum absolute atomic E-state index is 0.195. The molecule has 0 spiro atoms. The average Bonchev–Trinajstić information content (AvgIpc) is 2.15. The zero-order chi connectivity index (χ0) is 9.68. The molecule has 0 aromatic heterocycles.